The zero-order valence-corrected chi connectivity index (χ0v) is 11.9. The van der Waals surface area contributed by atoms with Crippen LogP contribution in [0.2, 0.25) is 0 Å². The van der Waals surface area contributed by atoms with Crippen molar-refractivity contribution in [3.05, 3.63) is 29.3 Å². The average Bonchev–Trinajstić information content (AvgIpc) is 2.33. The molecule has 0 amide bonds. The monoisotopic (exact) mass is 268 g/mol. The first-order chi connectivity index (χ1) is 8.43. The summed E-state index contributed by atoms with van der Waals surface area (Å²) >= 11 is 0. The number of hydrogen-bond acceptors (Lipinski definition) is 3. The summed E-state index contributed by atoms with van der Waals surface area (Å²) in [4.78, 5) is 0.402. The molecule has 1 aliphatic heterocycles. The second-order valence-electron chi connectivity index (χ2n) is 4.91. The van der Waals surface area contributed by atoms with Gasteiger partial charge in [-0.1, -0.05) is 6.07 Å². The Balaban J connectivity index is 2.37. The van der Waals surface area contributed by atoms with Crippen molar-refractivity contribution in [2.75, 3.05) is 19.6 Å². The molecule has 1 aromatic carbocycles. The van der Waals surface area contributed by atoms with Gasteiger partial charge in [0.25, 0.3) is 0 Å². The number of nitrogens with zero attached hydrogens (tertiary/aromatic N) is 1. The summed E-state index contributed by atoms with van der Waals surface area (Å²) < 4.78 is 26.7. The van der Waals surface area contributed by atoms with Gasteiger partial charge in [0.1, 0.15) is 0 Å². The van der Waals surface area contributed by atoms with Gasteiger partial charge in [0.15, 0.2) is 0 Å². The summed E-state index contributed by atoms with van der Waals surface area (Å²) in [6.45, 7) is 7.83. The van der Waals surface area contributed by atoms with Crippen molar-refractivity contribution in [1.29, 1.82) is 0 Å². The fraction of sp³-hybridized carbons (Fsp3) is 0.538. The van der Waals surface area contributed by atoms with Crippen molar-refractivity contribution in [3.63, 3.8) is 0 Å². The van der Waals surface area contributed by atoms with Crippen LogP contribution in [-0.4, -0.2) is 38.4 Å². The Morgan fingerprint density at radius 3 is 2.61 bits per heavy atom. The zero-order valence-electron chi connectivity index (χ0n) is 11.1. The van der Waals surface area contributed by atoms with Gasteiger partial charge in [-0.25, -0.2) is 8.42 Å². The molecule has 100 valence electrons. The third kappa shape index (κ3) is 2.43. The first kappa shape index (κ1) is 13.5. The predicted molar refractivity (Wildman–Crippen MR) is 72.1 cm³/mol. The van der Waals surface area contributed by atoms with Crippen LogP contribution in [0.4, 0.5) is 0 Å². The number of benzene rings is 1. The zero-order chi connectivity index (χ0) is 13.3. The third-order valence-electron chi connectivity index (χ3n) is 3.53. The van der Waals surface area contributed by atoms with E-state index >= 15 is 0 Å². The average molecular weight is 268 g/mol. The Bertz CT molecular complexity index is 540. The molecule has 0 spiro atoms. The topological polar surface area (TPSA) is 49.4 Å². The molecule has 4 nitrogen and oxygen atoms in total. The molecule has 1 fully saturated rings. The highest BCUT2D eigenvalue weighted by Crippen LogP contribution is 2.21. The lowest BCUT2D eigenvalue weighted by Crippen LogP contribution is -2.52. The maximum absolute atomic E-state index is 12.6. The van der Waals surface area contributed by atoms with Crippen molar-refractivity contribution >= 4 is 10.0 Å². The van der Waals surface area contributed by atoms with E-state index in [1.54, 1.807) is 16.4 Å². The highest BCUT2D eigenvalue weighted by atomic mass is 32.2. The molecule has 1 heterocycles. The summed E-state index contributed by atoms with van der Waals surface area (Å²) in [5.74, 6) is 0. The van der Waals surface area contributed by atoms with E-state index in [9.17, 15) is 8.42 Å². The van der Waals surface area contributed by atoms with Crippen LogP contribution in [0.25, 0.3) is 0 Å². The van der Waals surface area contributed by atoms with E-state index in [4.69, 9.17) is 0 Å². The van der Waals surface area contributed by atoms with Crippen molar-refractivity contribution < 1.29 is 8.42 Å². The molecule has 1 atom stereocenters. The number of sulfonamides is 1. The van der Waals surface area contributed by atoms with E-state index in [1.807, 2.05) is 26.8 Å². The predicted octanol–water partition coefficient (Wildman–Crippen LogP) is 1.29. The van der Waals surface area contributed by atoms with Crippen molar-refractivity contribution in [2.45, 2.75) is 31.7 Å². The minimum atomic E-state index is -3.36. The fourth-order valence-corrected chi connectivity index (χ4v) is 3.91. The molecule has 0 aromatic heterocycles. The van der Waals surface area contributed by atoms with E-state index in [2.05, 4.69) is 5.32 Å². The van der Waals surface area contributed by atoms with Crippen LogP contribution in [0.15, 0.2) is 23.1 Å². The maximum atomic E-state index is 12.6. The van der Waals surface area contributed by atoms with Crippen molar-refractivity contribution in [2.24, 2.45) is 0 Å². The Kier molecular flexibility index (Phi) is 3.75. The van der Waals surface area contributed by atoms with Crippen LogP contribution < -0.4 is 5.32 Å². The first-order valence-corrected chi connectivity index (χ1v) is 7.67. The second-order valence-corrected chi connectivity index (χ2v) is 6.81. The van der Waals surface area contributed by atoms with E-state index in [0.717, 1.165) is 11.1 Å². The number of rotatable bonds is 2. The molecular weight excluding hydrogens is 248 g/mol. The molecule has 1 saturated heterocycles. The van der Waals surface area contributed by atoms with Crippen LogP contribution in [0.1, 0.15) is 18.1 Å². The quantitative estimate of drug-likeness (QED) is 0.879. The Labute approximate surface area is 109 Å². The van der Waals surface area contributed by atoms with Crippen LogP contribution in [0, 0.1) is 13.8 Å². The molecular formula is C13H20N2O2S. The summed E-state index contributed by atoms with van der Waals surface area (Å²) in [5, 5.41) is 3.20. The van der Waals surface area contributed by atoms with Gasteiger partial charge in [0, 0.05) is 25.7 Å². The minimum Gasteiger partial charge on any atom is -0.314 e. The smallest absolute Gasteiger partial charge is 0.243 e. The van der Waals surface area contributed by atoms with Crippen LogP contribution >= 0.6 is 0 Å². The van der Waals surface area contributed by atoms with Gasteiger partial charge in [-0.05, 0) is 44.0 Å². The molecule has 0 bridgehead atoms. The SMILES string of the molecule is Cc1ccc(S(=O)(=O)N2CCNCC2C)cc1C. The highest BCUT2D eigenvalue weighted by molar-refractivity contribution is 7.89. The summed E-state index contributed by atoms with van der Waals surface area (Å²) in [5.41, 5.74) is 2.13. The first-order valence-electron chi connectivity index (χ1n) is 6.23. The molecule has 5 heteroatoms. The van der Waals surface area contributed by atoms with Gasteiger partial charge < -0.3 is 5.32 Å². The number of piperazine rings is 1. The largest absolute Gasteiger partial charge is 0.314 e. The maximum Gasteiger partial charge on any atom is 0.243 e. The lowest BCUT2D eigenvalue weighted by molar-refractivity contribution is 0.284. The Morgan fingerprint density at radius 1 is 1.28 bits per heavy atom. The molecule has 18 heavy (non-hydrogen) atoms. The molecule has 1 unspecified atom stereocenters. The molecule has 1 aromatic rings. The third-order valence-corrected chi connectivity index (χ3v) is 5.53. The van der Waals surface area contributed by atoms with E-state index < -0.39 is 10.0 Å². The van der Waals surface area contributed by atoms with Gasteiger partial charge in [-0.2, -0.15) is 4.31 Å². The fourth-order valence-electron chi connectivity index (χ4n) is 2.19. The van der Waals surface area contributed by atoms with E-state index in [-0.39, 0.29) is 6.04 Å². The molecule has 1 N–H and O–H groups in total. The second kappa shape index (κ2) is 4.99. The van der Waals surface area contributed by atoms with E-state index in [1.165, 1.54) is 0 Å². The van der Waals surface area contributed by atoms with Gasteiger partial charge in [0.2, 0.25) is 10.0 Å². The van der Waals surface area contributed by atoms with Gasteiger partial charge in [-0.15, -0.1) is 0 Å². The minimum absolute atomic E-state index is 0.00496. The normalized spacial score (nSPS) is 22.1. The number of aryl methyl sites for hydroxylation is 2. The Morgan fingerprint density at radius 2 is 2.00 bits per heavy atom. The number of nitrogens with one attached hydrogen (secondary N) is 1. The standard InChI is InChI=1S/C13H20N2O2S/c1-10-4-5-13(8-11(10)2)18(16,17)15-7-6-14-9-12(15)3/h4-5,8,12,14H,6-7,9H2,1-3H3. The van der Waals surface area contributed by atoms with Gasteiger partial charge in [-0.3, -0.25) is 0 Å². The molecule has 1 aliphatic rings. The van der Waals surface area contributed by atoms with Gasteiger partial charge in [0.05, 0.1) is 4.90 Å². The number of hydrogen-bond donors (Lipinski definition) is 1. The van der Waals surface area contributed by atoms with Crippen molar-refractivity contribution in [3.8, 4) is 0 Å². The Hall–Kier alpha value is -0.910. The summed E-state index contributed by atoms with van der Waals surface area (Å²) in [6, 6.07) is 5.34. The highest BCUT2D eigenvalue weighted by Gasteiger charge is 2.30. The molecule has 0 saturated carbocycles. The molecule has 2 rings (SSSR count). The van der Waals surface area contributed by atoms with Crippen LogP contribution in [-0.2, 0) is 10.0 Å². The molecule has 0 radical (unpaired) electrons. The van der Waals surface area contributed by atoms with Crippen LogP contribution in [0.5, 0.6) is 0 Å². The lowest BCUT2D eigenvalue weighted by Gasteiger charge is -2.32. The summed E-state index contributed by atoms with van der Waals surface area (Å²) in [6.07, 6.45) is 0. The lowest BCUT2D eigenvalue weighted by atomic mass is 10.1. The summed E-state index contributed by atoms with van der Waals surface area (Å²) in [7, 11) is -3.36. The molecule has 0 aliphatic carbocycles. The van der Waals surface area contributed by atoms with Gasteiger partial charge >= 0.3 is 0 Å². The van der Waals surface area contributed by atoms with E-state index in [0.29, 0.717) is 24.5 Å². The van der Waals surface area contributed by atoms with Crippen LogP contribution in [0.3, 0.4) is 0 Å². The van der Waals surface area contributed by atoms with Crippen molar-refractivity contribution in [1.82, 2.24) is 9.62 Å².